The van der Waals surface area contributed by atoms with Gasteiger partial charge in [-0.15, -0.1) is 0 Å². The SMILES string of the molecule is CCOC1(CO)COC(CO)(OCC)CO1. The van der Waals surface area contributed by atoms with Gasteiger partial charge >= 0.3 is 0 Å². The summed E-state index contributed by atoms with van der Waals surface area (Å²) in [7, 11) is 0. The van der Waals surface area contributed by atoms with Gasteiger partial charge in [-0.1, -0.05) is 0 Å². The summed E-state index contributed by atoms with van der Waals surface area (Å²) in [6.07, 6.45) is 0. The average molecular weight is 236 g/mol. The minimum absolute atomic E-state index is 0.0257. The van der Waals surface area contributed by atoms with E-state index in [4.69, 9.17) is 18.9 Å². The monoisotopic (exact) mass is 236 g/mol. The van der Waals surface area contributed by atoms with Gasteiger partial charge in [-0.3, -0.25) is 0 Å². The Morgan fingerprint density at radius 2 is 1.31 bits per heavy atom. The molecule has 2 unspecified atom stereocenters. The minimum Gasteiger partial charge on any atom is -0.391 e. The molecule has 1 aliphatic heterocycles. The second-order valence-corrected chi connectivity index (χ2v) is 3.58. The van der Waals surface area contributed by atoms with Gasteiger partial charge in [0, 0.05) is 13.2 Å². The van der Waals surface area contributed by atoms with Crippen molar-refractivity contribution in [1.82, 2.24) is 0 Å². The lowest BCUT2D eigenvalue weighted by Crippen LogP contribution is -2.59. The van der Waals surface area contributed by atoms with E-state index in [0.29, 0.717) is 13.2 Å². The molecule has 0 bridgehead atoms. The Morgan fingerprint density at radius 3 is 1.50 bits per heavy atom. The van der Waals surface area contributed by atoms with E-state index in [0.717, 1.165) is 0 Å². The first-order chi connectivity index (χ1) is 7.66. The zero-order chi connectivity index (χ0) is 12.1. The van der Waals surface area contributed by atoms with Crippen LogP contribution in [0.3, 0.4) is 0 Å². The molecule has 96 valence electrons. The smallest absolute Gasteiger partial charge is 0.216 e. The van der Waals surface area contributed by atoms with Crippen molar-refractivity contribution in [1.29, 1.82) is 0 Å². The highest BCUT2D eigenvalue weighted by atomic mass is 16.8. The van der Waals surface area contributed by atoms with E-state index in [9.17, 15) is 10.2 Å². The van der Waals surface area contributed by atoms with Crippen LogP contribution in [0.15, 0.2) is 0 Å². The zero-order valence-electron chi connectivity index (χ0n) is 9.77. The van der Waals surface area contributed by atoms with E-state index >= 15 is 0 Å². The van der Waals surface area contributed by atoms with Gasteiger partial charge in [0.05, 0.1) is 13.2 Å². The van der Waals surface area contributed by atoms with E-state index in [-0.39, 0.29) is 26.4 Å². The van der Waals surface area contributed by atoms with Crippen LogP contribution >= 0.6 is 0 Å². The van der Waals surface area contributed by atoms with Gasteiger partial charge in [0.25, 0.3) is 0 Å². The second kappa shape index (κ2) is 5.90. The maximum Gasteiger partial charge on any atom is 0.216 e. The summed E-state index contributed by atoms with van der Waals surface area (Å²) in [5.74, 6) is -2.27. The van der Waals surface area contributed by atoms with Crippen LogP contribution in [0, 0.1) is 0 Å². The Morgan fingerprint density at radius 1 is 0.938 bits per heavy atom. The summed E-state index contributed by atoms with van der Waals surface area (Å²) in [5, 5.41) is 18.4. The van der Waals surface area contributed by atoms with Gasteiger partial charge in [-0.05, 0) is 13.8 Å². The molecule has 6 heteroatoms. The molecule has 0 aromatic rings. The standard InChI is InChI=1S/C10H20O6/c1-3-13-9(5-11)7-16-10(6-12,8-15-9)14-4-2/h11-12H,3-8H2,1-2H3. The Kier molecular flexibility index (Phi) is 5.10. The van der Waals surface area contributed by atoms with E-state index in [1.165, 1.54) is 0 Å². The Bertz CT molecular complexity index is 177. The Labute approximate surface area is 95.1 Å². The van der Waals surface area contributed by atoms with E-state index < -0.39 is 11.6 Å². The van der Waals surface area contributed by atoms with Crippen LogP contribution in [-0.4, -0.2) is 61.4 Å². The largest absolute Gasteiger partial charge is 0.391 e. The van der Waals surface area contributed by atoms with E-state index in [2.05, 4.69) is 0 Å². The van der Waals surface area contributed by atoms with Gasteiger partial charge in [-0.2, -0.15) is 0 Å². The fourth-order valence-electron chi connectivity index (χ4n) is 1.53. The zero-order valence-corrected chi connectivity index (χ0v) is 9.77. The van der Waals surface area contributed by atoms with Crippen molar-refractivity contribution in [3.05, 3.63) is 0 Å². The van der Waals surface area contributed by atoms with Crippen LogP contribution in [0.25, 0.3) is 0 Å². The fourth-order valence-corrected chi connectivity index (χ4v) is 1.53. The molecule has 0 spiro atoms. The van der Waals surface area contributed by atoms with Crippen LogP contribution in [0.5, 0.6) is 0 Å². The number of aliphatic hydroxyl groups excluding tert-OH is 2. The maximum absolute atomic E-state index is 9.21. The fraction of sp³-hybridized carbons (Fsp3) is 1.00. The molecule has 1 rings (SSSR count). The lowest BCUT2D eigenvalue weighted by atomic mass is 10.2. The third-order valence-electron chi connectivity index (χ3n) is 2.41. The number of aliphatic hydroxyl groups is 2. The minimum atomic E-state index is -1.13. The topological polar surface area (TPSA) is 77.4 Å². The molecule has 0 aromatic carbocycles. The highest BCUT2D eigenvalue weighted by Gasteiger charge is 2.45. The molecule has 0 aromatic heterocycles. The molecule has 0 aliphatic carbocycles. The third-order valence-corrected chi connectivity index (χ3v) is 2.41. The van der Waals surface area contributed by atoms with E-state index in [1.807, 2.05) is 0 Å². The molecule has 2 atom stereocenters. The first kappa shape index (κ1) is 13.8. The third kappa shape index (κ3) is 2.91. The summed E-state index contributed by atoms with van der Waals surface area (Å²) < 4.78 is 21.5. The normalized spacial score (nSPS) is 35.2. The molecule has 16 heavy (non-hydrogen) atoms. The van der Waals surface area contributed by atoms with Gasteiger partial charge < -0.3 is 29.2 Å². The van der Waals surface area contributed by atoms with Crippen molar-refractivity contribution in [2.24, 2.45) is 0 Å². The lowest BCUT2D eigenvalue weighted by molar-refractivity contribution is -0.395. The summed E-state index contributed by atoms with van der Waals surface area (Å²) in [6.45, 7) is 3.88. The van der Waals surface area contributed by atoms with Crippen LogP contribution in [0.1, 0.15) is 13.8 Å². The van der Waals surface area contributed by atoms with Gasteiger partial charge in [0.2, 0.25) is 11.6 Å². The Hall–Kier alpha value is -0.240. The van der Waals surface area contributed by atoms with Crippen molar-refractivity contribution in [2.75, 3.05) is 39.6 Å². The van der Waals surface area contributed by atoms with Gasteiger partial charge in [-0.25, -0.2) is 0 Å². The van der Waals surface area contributed by atoms with Crippen LogP contribution < -0.4 is 0 Å². The van der Waals surface area contributed by atoms with Gasteiger partial charge in [0.1, 0.15) is 13.2 Å². The molecule has 1 saturated heterocycles. The molecule has 1 aliphatic rings. The first-order valence-electron chi connectivity index (χ1n) is 5.43. The van der Waals surface area contributed by atoms with E-state index in [1.54, 1.807) is 13.8 Å². The quantitative estimate of drug-likeness (QED) is 0.646. The van der Waals surface area contributed by atoms with Crippen molar-refractivity contribution >= 4 is 0 Å². The van der Waals surface area contributed by atoms with Crippen LogP contribution in [0.2, 0.25) is 0 Å². The molecular formula is C10H20O6. The average Bonchev–Trinajstić information content (AvgIpc) is 2.33. The summed E-state index contributed by atoms with van der Waals surface area (Å²) in [6, 6.07) is 0. The highest BCUT2D eigenvalue weighted by Crippen LogP contribution is 2.27. The summed E-state index contributed by atoms with van der Waals surface area (Å²) in [5.41, 5.74) is 0. The number of ether oxygens (including phenoxy) is 4. The first-order valence-corrected chi connectivity index (χ1v) is 5.43. The summed E-state index contributed by atoms with van der Waals surface area (Å²) >= 11 is 0. The predicted octanol–water partition coefficient (Wildman–Crippen LogP) is -0.517. The Balaban J connectivity index is 2.59. The number of rotatable bonds is 6. The van der Waals surface area contributed by atoms with Gasteiger partial charge in [0.15, 0.2) is 0 Å². The predicted molar refractivity (Wildman–Crippen MR) is 54.8 cm³/mol. The van der Waals surface area contributed by atoms with Crippen molar-refractivity contribution in [3.8, 4) is 0 Å². The molecule has 1 heterocycles. The molecule has 0 saturated carbocycles. The van der Waals surface area contributed by atoms with Crippen molar-refractivity contribution in [2.45, 2.75) is 25.4 Å². The second-order valence-electron chi connectivity index (χ2n) is 3.58. The highest BCUT2D eigenvalue weighted by molar-refractivity contribution is 4.80. The maximum atomic E-state index is 9.21. The van der Waals surface area contributed by atoms with Crippen LogP contribution in [0.4, 0.5) is 0 Å². The van der Waals surface area contributed by atoms with Crippen LogP contribution in [-0.2, 0) is 18.9 Å². The molecular weight excluding hydrogens is 216 g/mol. The number of hydrogen-bond donors (Lipinski definition) is 2. The summed E-state index contributed by atoms with van der Waals surface area (Å²) in [4.78, 5) is 0. The molecule has 0 radical (unpaired) electrons. The molecule has 2 N–H and O–H groups in total. The molecule has 0 amide bonds. The lowest BCUT2D eigenvalue weighted by Gasteiger charge is -2.43. The van der Waals surface area contributed by atoms with Crippen molar-refractivity contribution < 1.29 is 29.2 Å². The van der Waals surface area contributed by atoms with Crippen molar-refractivity contribution in [3.63, 3.8) is 0 Å². The molecule has 1 fully saturated rings. The molecule has 6 nitrogen and oxygen atoms in total. The number of hydrogen-bond acceptors (Lipinski definition) is 6.